The van der Waals surface area contributed by atoms with Crippen molar-refractivity contribution in [3.63, 3.8) is 0 Å². The van der Waals surface area contributed by atoms with E-state index in [0.29, 0.717) is 6.04 Å². The molecular weight excluding hydrogens is 210 g/mol. The van der Waals surface area contributed by atoms with Gasteiger partial charge in [-0.25, -0.2) is 0 Å². The highest BCUT2D eigenvalue weighted by Crippen LogP contribution is 2.24. The summed E-state index contributed by atoms with van der Waals surface area (Å²) in [5.74, 6) is 0.754. The first-order chi connectivity index (χ1) is 8.20. The molecule has 3 heteroatoms. The van der Waals surface area contributed by atoms with Crippen LogP contribution in [-0.4, -0.2) is 55.1 Å². The number of hydrogen-bond acceptors (Lipinski definition) is 3. The molecule has 1 saturated carbocycles. The van der Waals surface area contributed by atoms with Crippen LogP contribution >= 0.6 is 0 Å². The first kappa shape index (κ1) is 13.3. The molecule has 2 aliphatic rings. The van der Waals surface area contributed by atoms with Gasteiger partial charge in [0.2, 0.25) is 0 Å². The Morgan fingerprint density at radius 1 is 1.18 bits per heavy atom. The molecule has 3 nitrogen and oxygen atoms in total. The topological polar surface area (TPSA) is 32.5 Å². The van der Waals surface area contributed by atoms with Crippen LogP contribution in [0.2, 0.25) is 0 Å². The molecule has 100 valence electrons. The largest absolute Gasteiger partial charge is 0.327 e. The van der Waals surface area contributed by atoms with Crippen LogP contribution in [0.1, 0.15) is 39.0 Å². The average Bonchev–Trinajstić information content (AvgIpc) is 2.34. The van der Waals surface area contributed by atoms with Crippen molar-refractivity contribution in [1.29, 1.82) is 0 Å². The number of nitrogens with two attached hydrogens (primary N) is 1. The molecule has 1 saturated heterocycles. The second-order valence-electron chi connectivity index (χ2n) is 6.01. The molecule has 0 amide bonds. The number of rotatable bonds is 3. The number of likely N-dealkylation sites (N-methyl/N-ethyl adjacent to an activating group) is 1. The maximum absolute atomic E-state index is 6.25. The van der Waals surface area contributed by atoms with Gasteiger partial charge in [-0.15, -0.1) is 0 Å². The van der Waals surface area contributed by atoms with Crippen molar-refractivity contribution < 1.29 is 0 Å². The molecule has 0 radical (unpaired) electrons. The fraction of sp³-hybridized carbons (Fsp3) is 1.00. The highest BCUT2D eigenvalue weighted by molar-refractivity contribution is 4.85. The van der Waals surface area contributed by atoms with Gasteiger partial charge in [-0.3, -0.25) is 0 Å². The van der Waals surface area contributed by atoms with Crippen molar-refractivity contribution >= 4 is 0 Å². The lowest BCUT2D eigenvalue weighted by atomic mass is 9.84. The van der Waals surface area contributed by atoms with E-state index < -0.39 is 0 Å². The molecule has 2 N–H and O–H groups in total. The van der Waals surface area contributed by atoms with Crippen LogP contribution in [0.25, 0.3) is 0 Å². The second-order valence-corrected chi connectivity index (χ2v) is 6.01. The predicted octanol–water partition coefficient (Wildman–Crippen LogP) is 1.53. The summed E-state index contributed by atoms with van der Waals surface area (Å²) in [7, 11) is 2.26. The van der Waals surface area contributed by atoms with E-state index in [1.54, 1.807) is 0 Å². The van der Waals surface area contributed by atoms with E-state index in [9.17, 15) is 0 Å². The molecule has 1 heterocycles. The van der Waals surface area contributed by atoms with Crippen LogP contribution in [0.15, 0.2) is 0 Å². The minimum atomic E-state index is 0.462. The third kappa shape index (κ3) is 3.43. The second kappa shape index (κ2) is 6.17. The van der Waals surface area contributed by atoms with Gasteiger partial charge in [-0.05, 0) is 32.2 Å². The van der Waals surface area contributed by atoms with Crippen LogP contribution < -0.4 is 5.73 Å². The lowest BCUT2D eigenvalue weighted by Crippen LogP contribution is -2.53. The third-order valence-corrected chi connectivity index (χ3v) is 4.79. The zero-order chi connectivity index (χ0) is 12.3. The standard InChI is InChI=1S/C14H29N3/c1-3-13-11-17(9-8-16(13)2)10-12-6-4-5-7-14(12)15/h12-14H,3-11,15H2,1-2H3. The fourth-order valence-electron chi connectivity index (χ4n) is 3.41. The highest BCUT2D eigenvalue weighted by Gasteiger charge is 2.28. The van der Waals surface area contributed by atoms with Gasteiger partial charge in [0.1, 0.15) is 0 Å². The minimum Gasteiger partial charge on any atom is -0.327 e. The molecule has 17 heavy (non-hydrogen) atoms. The Balaban J connectivity index is 1.82. The Morgan fingerprint density at radius 3 is 2.65 bits per heavy atom. The van der Waals surface area contributed by atoms with Gasteiger partial charge in [0.25, 0.3) is 0 Å². The van der Waals surface area contributed by atoms with Gasteiger partial charge in [0, 0.05) is 38.3 Å². The van der Waals surface area contributed by atoms with Crippen LogP contribution in [-0.2, 0) is 0 Å². The zero-order valence-corrected chi connectivity index (χ0v) is 11.6. The molecule has 0 aromatic carbocycles. The third-order valence-electron chi connectivity index (χ3n) is 4.79. The van der Waals surface area contributed by atoms with E-state index in [2.05, 4.69) is 23.8 Å². The van der Waals surface area contributed by atoms with Gasteiger partial charge < -0.3 is 15.5 Å². The molecular formula is C14H29N3. The van der Waals surface area contributed by atoms with Gasteiger partial charge in [-0.2, -0.15) is 0 Å². The molecule has 3 atom stereocenters. The van der Waals surface area contributed by atoms with E-state index in [1.807, 2.05) is 0 Å². The SMILES string of the molecule is CCC1CN(CC2CCCCC2N)CCN1C. The van der Waals surface area contributed by atoms with Crippen LogP contribution in [0.5, 0.6) is 0 Å². The van der Waals surface area contributed by atoms with E-state index in [1.165, 1.54) is 58.3 Å². The average molecular weight is 239 g/mol. The Hall–Kier alpha value is -0.120. The number of nitrogens with zero attached hydrogens (tertiary/aromatic N) is 2. The smallest absolute Gasteiger partial charge is 0.0218 e. The number of piperazine rings is 1. The molecule has 0 aromatic heterocycles. The lowest BCUT2D eigenvalue weighted by Gasteiger charge is -2.42. The van der Waals surface area contributed by atoms with Crippen molar-refractivity contribution in [2.45, 2.75) is 51.1 Å². The van der Waals surface area contributed by atoms with Crippen molar-refractivity contribution in [3.8, 4) is 0 Å². The lowest BCUT2D eigenvalue weighted by molar-refractivity contribution is 0.0725. The zero-order valence-electron chi connectivity index (χ0n) is 11.6. The summed E-state index contributed by atoms with van der Waals surface area (Å²) in [6, 6.07) is 1.21. The molecule has 0 aromatic rings. The Labute approximate surface area is 106 Å². The number of hydrogen-bond donors (Lipinski definition) is 1. The summed E-state index contributed by atoms with van der Waals surface area (Å²) >= 11 is 0. The van der Waals surface area contributed by atoms with Crippen molar-refractivity contribution in [2.24, 2.45) is 11.7 Å². The first-order valence-corrected chi connectivity index (χ1v) is 7.39. The summed E-state index contributed by atoms with van der Waals surface area (Å²) in [4.78, 5) is 5.17. The summed E-state index contributed by atoms with van der Waals surface area (Å²) in [6.07, 6.45) is 6.60. The van der Waals surface area contributed by atoms with Gasteiger partial charge >= 0.3 is 0 Å². The summed E-state index contributed by atoms with van der Waals surface area (Å²) in [5.41, 5.74) is 6.25. The molecule has 1 aliphatic heterocycles. The van der Waals surface area contributed by atoms with E-state index in [-0.39, 0.29) is 0 Å². The van der Waals surface area contributed by atoms with Crippen LogP contribution in [0.3, 0.4) is 0 Å². The van der Waals surface area contributed by atoms with Crippen LogP contribution in [0, 0.1) is 5.92 Å². The Bertz CT molecular complexity index is 232. The molecule has 0 spiro atoms. The van der Waals surface area contributed by atoms with Gasteiger partial charge in [0.15, 0.2) is 0 Å². The Kier molecular flexibility index (Phi) is 4.83. The summed E-state index contributed by atoms with van der Waals surface area (Å²) in [6.45, 7) is 7.25. The van der Waals surface area contributed by atoms with Crippen molar-refractivity contribution in [3.05, 3.63) is 0 Å². The van der Waals surface area contributed by atoms with E-state index >= 15 is 0 Å². The molecule has 3 unspecified atom stereocenters. The minimum absolute atomic E-state index is 0.462. The monoisotopic (exact) mass is 239 g/mol. The van der Waals surface area contributed by atoms with Gasteiger partial charge in [0.05, 0.1) is 0 Å². The maximum Gasteiger partial charge on any atom is 0.0218 e. The van der Waals surface area contributed by atoms with E-state index in [0.717, 1.165) is 12.0 Å². The van der Waals surface area contributed by atoms with Crippen molar-refractivity contribution in [2.75, 3.05) is 33.2 Å². The molecule has 2 rings (SSSR count). The Morgan fingerprint density at radius 2 is 1.94 bits per heavy atom. The van der Waals surface area contributed by atoms with Gasteiger partial charge in [-0.1, -0.05) is 19.8 Å². The molecule has 2 fully saturated rings. The predicted molar refractivity (Wildman–Crippen MR) is 73.1 cm³/mol. The first-order valence-electron chi connectivity index (χ1n) is 7.39. The summed E-state index contributed by atoms with van der Waals surface area (Å²) in [5, 5.41) is 0. The van der Waals surface area contributed by atoms with Crippen molar-refractivity contribution in [1.82, 2.24) is 9.80 Å². The van der Waals surface area contributed by atoms with E-state index in [4.69, 9.17) is 5.73 Å². The summed E-state index contributed by atoms with van der Waals surface area (Å²) < 4.78 is 0. The normalized spacial score (nSPS) is 37.2. The molecule has 1 aliphatic carbocycles. The fourth-order valence-corrected chi connectivity index (χ4v) is 3.41. The van der Waals surface area contributed by atoms with Crippen LogP contribution in [0.4, 0.5) is 0 Å². The highest BCUT2D eigenvalue weighted by atomic mass is 15.3. The maximum atomic E-state index is 6.25. The molecule has 0 bridgehead atoms. The quantitative estimate of drug-likeness (QED) is 0.811.